The SMILES string of the molecule is COc1ccccc1[C@@H](O)CNC(=O)Nc1cccc(OC(F)(F)F)c1. The van der Waals surface area contributed by atoms with Gasteiger partial charge in [0.1, 0.15) is 11.5 Å². The zero-order chi connectivity index (χ0) is 19.2. The number of anilines is 1. The van der Waals surface area contributed by atoms with Gasteiger partial charge in [-0.3, -0.25) is 0 Å². The van der Waals surface area contributed by atoms with E-state index < -0.39 is 24.2 Å². The molecular weight excluding hydrogens is 353 g/mol. The molecule has 3 N–H and O–H groups in total. The third-order valence-electron chi connectivity index (χ3n) is 3.28. The molecule has 0 unspecified atom stereocenters. The second kappa shape index (κ2) is 8.43. The summed E-state index contributed by atoms with van der Waals surface area (Å²) in [7, 11) is 1.46. The first-order valence-electron chi connectivity index (χ1n) is 7.50. The Labute approximate surface area is 147 Å². The predicted octanol–water partition coefficient (Wildman–Crippen LogP) is 3.45. The summed E-state index contributed by atoms with van der Waals surface area (Å²) in [4.78, 5) is 11.9. The van der Waals surface area contributed by atoms with Gasteiger partial charge >= 0.3 is 12.4 Å². The highest BCUT2D eigenvalue weighted by Crippen LogP contribution is 2.25. The molecule has 0 bridgehead atoms. The fourth-order valence-electron chi connectivity index (χ4n) is 2.19. The minimum atomic E-state index is -4.82. The molecule has 2 rings (SSSR count). The van der Waals surface area contributed by atoms with Crippen LogP contribution in [-0.2, 0) is 0 Å². The predicted molar refractivity (Wildman–Crippen MR) is 88.1 cm³/mol. The van der Waals surface area contributed by atoms with Crippen molar-refractivity contribution in [2.45, 2.75) is 12.5 Å². The molecule has 0 saturated carbocycles. The number of alkyl halides is 3. The Morgan fingerprint density at radius 1 is 1.19 bits per heavy atom. The van der Waals surface area contributed by atoms with Crippen LogP contribution in [0.3, 0.4) is 0 Å². The fraction of sp³-hybridized carbons (Fsp3) is 0.235. The fourth-order valence-corrected chi connectivity index (χ4v) is 2.19. The lowest BCUT2D eigenvalue weighted by molar-refractivity contribution is -0.274. The molecule has 0 saturated heterocycles. The molecule has 26 heavy (non-hydrogen) atoms. The van der Waals surface area contributed by atoms with Crippen LogP contribution in [0.15, 0.2) is 48.5 Å². The first-order chi connectivity index (χ1) is 12.3. The molecule has 2 aromatic rings. The normalized spacial score (nSPS) is 12.2. The second-order valence-electron chi connectivity index (χ2n) is 5.17. The van der Waals surface area contributed by atoms with Gasteiger partial charge in [0.15, 0.2) is 0 Å². The number of nitrogens with one attached hydrogen (secondary N) is 2. The molecule has 1 atom stereocenters. The summed E-state index contributed by atoms with van der Waals surface area (Å²) in [5.74, 6) is 0.0172. The number of carbonyl (C=O) groups excluding carboxylic acids is 1. The van der Waals surface area contributed by atoms with Gasteiger partial charge in [-0.1, -0.05) is 24.3 Å². The maximum absolute atomic E-state index is 12.2. The van der Waals surface area contributed by atoms with E-state index in [4.69, 9.17) is 4.74 Å². The van der Waals surface area contributed by atoms with Crippen LogP contribution in [0.25, 0.3) is 0 Å². The third-order valence-corrected chi connectivity index (χ3v) is 3.28. The zero-order valence-corrected chi connectivity index (χ0v) is 13.7. The average molecular weight is 370 g/mol. The number of carbonyl (C=O) groups is 1. The van der Waals surface area contributed by atoms with Crippen LogP contribution >= 0.6 is 0 Å². The van der Waals surface area contributed by atoms with Gasteiger partial charge in [-0.05, 0) is 18.2 Å². The van der Waals surface area contributed by atoms with E-state index in [1.807, 2.05) is 0 Å². The number of rotatable bonds is 6. The minimum Gasteiger partial charge on any atom is -0.496 e. The van der Waals surface area contributed by atoms with Crippen LogP contribution in [0.4, 0.5) is 23.7 Å². The number of ether oxygens (including phenoxy) is 2. The lowest BCUT2D eigenvalue weighted by Gasteiger charge is -2.16. The molecule has 0 spiro atoms. The van der Waals surface area contributed by atoms with Gasteiger partial charge in [0.2, 0.25) is 0 Å². The number of para-hydroxylation sites is 1. The van der Waals surface area contributed by atoms with Crippen LogP contribution in [0.2, 0.25) is 0 Å². The van der Waals surface area contributed by atoms with Crippen molar-refractivity contribution in [3.8, 4) is 11.5 Å². The highest BCUT2D eigenvalue weighted by atomic mass is 19.4. The van der Waals surface area contributed by atoms with Crippen molar-refractivity contribution in [3.63, 3.8) is 0 Å². The van der Waals surface area contributed by atoms with Crippen molar-refractivity contribution in [3.05, 3.63) is 54.1 Å². The Kier molecular flexibility index (Phi) is 6.29. The third kappa shape index (κ3) is 5.85. The standard InChI is InChI=1S/C17H17F3N2O4/c1-25-15-8-3-2-7-13(15)14(23)10-21-16(24)22-11-5-4-6-12(9-11)26-17(18,19)20/h2-9,14,23H,10H2,1H3,(H2,21,22,24)/t14-/m0/s1. The molecule has 2 amide bonds. The molecular formula is C17H17F3N2O4. The Hall–Kier alpha value is -2.94. The van der Waals surface area contributed by atoms with E-state index in [0.29, 0.717) is 11.3 Å². The van der Waals surface area contributed by atoms with Gasteiger partial charge in [-0.25, -0.2) is 4.79 Å². The van der Waals surface area contributed by atoms with Crippen molar-refractivity contribution in [2.75, 3.05) is 19.0 Å². The monoisotopic (exact) mass is 370 g/mol. The summed E-state index contributed by atoms with van der Waals surface area (Å²) in [5, 5.41) is 14.9. The van der Waals surface area contributed by atoms with Crippen molar-refractivity contribution >= 4 is 11.7 Å². The quantitative estimate of drug-likeness (QED) is 0.728. The summed E-state index contributed by atoms with van der Waals surface area (Å²) >= 11 is 0. The molecule has 6 nitrogen and oxygen atoms in total. The van der Waals surface area contributed by atoms with Crippen LogP contribution in [0.1, 0.15) is 11.7 Å². The molecule has 0 aliphatic carbocycles. The van der Waals surface area contributed by atoms with Gasteiger partial charge < -0.3 is 25.2 Å². The molecule has 9 heteroatoms. The number of hydrogen-bond acceptors (Lipinski definition) is 4. The van der Waals surface area contributed by atoms with Gasteiger partial charge in [-0.2, -0.15) is 0 Å². The van der Waals surface area contributed by atoms with Gasteiger partial charge in [0, 0.05) is 23.9 Å². The number of hydrogen-bond donors (Lipinski definition) is 3. The van der Waals surface area contributed by atoms with E-state index in [1.54, 1.807) is 24.3 Å². The number of urea groups is 1. The van der Waals surface area contributed by atoms with Crippen molar-refractivity contribution in [2.24, 2.45) is 0 Å². The summed E-state index contributed by atoms with van der Waals surface area (Å²) in [5.41, 5.74) is 0.604. The van der Waals surface area contributed by atoms with Gasteiger partial charge in [0.25, 0.3) is 0 Å². The Morgan fingerprint density at radius 3 is 2.62 bits per heavy atom. The van der Waals surface area contributed by atoms with Crippen molar-refractivity contribution in [1.29, 1.82) is 0 Å². The Morgan fingerprint density at radius 2 is 1.92 bits per heavy atom. The van der Waals surface area contributed by atoms with E-state index in [9.17, 15) is 23.1 Å². The van der Waals surface area contributed by atoms with E-state index in [-0.39, 0.29) is 12.2 Å². The summed E-state index contributed by atoms with van der Waals surface area (Å²) < 4.78 is 45.5. The highest BCUT2D eigenvalue weighted by Gasteiger charge is 2.31. The molecule has 0 aliphatic heterocycles. The summed E-state index contributed by atoms with van der Waals surface area (Å²) in [6.07, 6.45) is -5.84. The second-order valence-corrected chi connectivity index (χ2v) is 5.17. The highest BCUT2D eigenvalue weighted by molar-refractivity contribution is 5.89. The molecule has 140 valence electrons. The molecule has 0 fully saturated rings. The number of halogens is 3. The number of aliphatic hydroxyl groups is 1. The minimum absolute atomic E-state index is 0.107. The Bertz CT molecular complexity index is 753. The largest absolute Gasteiger partial charge is 0.573 e. The summed E-state index contributed by atoms with van der Waals surface area (Å²) in [6, 6.07) is 10.9. The maximum Gasteiger partial charge on any atom is 0.573 e. The molecule has 0 aliphatic rings. The number of benzene rings is 2. The Balaban J connectivity index is 1.92. The van der Waals surface area contributed by atoms with Crippen LogP contribution < -0.4 is 20.1 Å². The van der Waals surface area contributed by atoms with Crippen LogP contribution in [0.5, 0.6) is 11.5 Å². The van der Waals surface area contributed by atoms with E-state index >= 15 is 0 Å². The zero-order valence-electron chi connectivity index (χ0n) is 13.7. The average Bonchev–Trinajstić information content (AvgIpc) is 2.58. The first-order valence-corrected chi connectivity index (χ1v) is 7.50. The van der Waals surface area contributed by atoms with Crippen molar-refractivity contribution < 1.29 is 32.5 Å². The van der Waals surface area contributed by atoms with Crippen LogP contribution in [0, 0.1) is 0 Å². The van der Waals surface area contributed by atoms with Gasteiger partial charge in [-0.15, -0.1) is 13.2 Å². The van der Waals surface area contributed by atoms with Gasteiger partial charge in [0.05, 0.1) is 13.2 Å². The topological polar surface area (TPSA) is 79.8 Å². The molecule has 2 aromatic carbocycles. The van der Waals surface area contributed by atoms with E-state index in [1.165, 1.54) is 19.2 Å². The smallest absolute Gasteiger partial charge is 0.496 e. The molecule has 0 aromatic heterocycles. The molecule has 0 heterocycles. The van der Waals surface area contributed by atoms with E-state index in [2.05, 4.69) is 15.4 Å². The lowest BCUT2D eigenvalue weighted by atomic mass is 10.1. The van der Waals surface area contributed by atoms with Crippen LogP contribution in [-0.4, -0.2) is 31.2 Å². The molecule has 0 radical (unpaired) electrons. The van der Waals surface area contributed by atoms with E-state index in [0.717, 1.165) is 12.1 Å². The maximum atomic E-state index is 12.2. The van der Waals surface area contributed by atoms with Crippen molar-refractivity contribution in [1.82, 2.24) is 5.32 Å². The number of methoxy groups -OCH3 is 1. The number of amides is 2. The number of aliphatic hydroxyl groups excluding tert-OH is 1. The first kappa shape index (κ1) is 19.4. The lowest BCUT2D eigenvalue weighted by Crippen LogP contribution is -2.32. The summed E-state index contributed by atoms with van der Waals surface area (Å²) in [6.45, 7) is -0.120.